The second-order valence-electron chi connectivity index (χ2n) is 2.95. The standard InChI is InChI=1S/C10H13NO2S2/c1-3-14-8-11-15(12,13)10-6-4-9(2)5-7-10/h4-8H,3H2,1-2H3. The van der Waals surface area contributed by atoms with Gasteiger partial charge in [0.05, 0.1) is 10.4 Å². The average Bonchev–Trinajstić information content (AvgIpc) is 2.18. The zero-order chi connectivity index (χ0) is 11.3. The van der Waals surface area contributed by atoms with Crippen molar-refractivity contribution in [2.24, 2.45) is 4.40 Å². The van der Waals surface area contributed by atoms with Gasteiger partial charge in [0.15, 0.2) is 0 Å². The quantitative estimate of drug-likeness (QED) is 0.603. The summed E-state index contributed by atoms with van der Waals surface area (Å²) in [5.74, 6) is 0.812. The van der Waals surface area contributed by atoms with E-state index in [4.69, 9.17) is 0 Å². The molecule has 1 rings (SSSR count). The first-order valence-corrected chi connectivity index (χ1v) is 7.02. The molecule has 0 amide bonds. The Balaban J connectivity index is 2.91. The second-order valence-corrected chi connectivity index (χ2v) is 5.71. The molecule has 1 aromatic rings. The lowest BCUT2D eigenvalue weighted by Gasteiger charge is -1.98. The smallest absolute Gasteiger partial charge is 0.199 e. The molecule has 0 aromatic heterocycles. The molecule has 0 heterocycles. The number of hydrogen-bond acceptors (Lipinski definition) is 3. The minimum atomic E-state index is -3.50. The Kier molecular flexibility index (Phi) is 4.35. The van der Waals surface area contributed by atoms with Crippen molar-refractivity contribution in [3.63, 3.8) is 0 Å². The molecule has 0 aliphatic carbocycles. The van der Waals surface area contributed by atoms with E-state index in [2.05, 4.69) is 4.40 Å². The monoisotopic (exact) mass is 243 g/mol. The number of thioether (sulfide) groups is 1. The van der Waals surface area contributed by atoms with Crippen LogP contribution in [-0.4, -0.2) is 19.7 Å². The topological polar surface area (TPSA) is 46.5 Å². The molecule has 0 saturated heterocycles. The Morgan fingerprint density at radius 2 is 1.93 bits per heavy atom. The van der Waals surface area contributed by atoms with E-state index in [1.165, 1.54) is 17.3 Å². The van der Waals surface area contributed by atoms with Crippen molar-refractivity contribution in [1.29, 1.82) is 0 Å². The number of benzene rings is 1. The molecule has 0 aliphatic rings. The van der Waals surface area contributed by atoms with Crippen LogP contribution in [0.2, 0.25) is 0 Å². The van der Waals surface area contributed by atoms with Crippen molar-refractivity contribution in [3.05, 3.63) is 29.8 Å². The highest BCUT2D eigenvalue weighted by molar-refractivity contribution is 8.12. The summed E-state index contributed by atoms with van der Waals surface area (Å²) in [5.41, 5.74) is 2.40. The molecule has 0 aliphatic heterocycles. The molecule has 3 nitrogen and oxygen atoms in total. The summed E-state index contributed by atoms with van der Waals surface area (Å²) in [5, 5.41) is 0. The fourth-order valence-electron chi connectivity index (χ4n) is 0.933. The highest BCUT2D eigenvalue weighted by Crippen LogP contribution is 2.13. The Morgan fingerprint density at radius 3 is 2.47 bits per heavy atom. The zero-order valence-electron chi connectivity index (χ0n) is 8.67. The van der Waals surface area contributed by atoms with Crippen LogP contribution in [0.4, 0.5) is 0 Å². The molecule has 0 spiro atoms. The predicted octanol–water partition coefficient (Wildman–Crippen LogP) is 2.47. The molecule has 0 atom stereocenters. The highest BCUT2D eigenvalue weighted by atomic mass is 32.2. The van der Waals surface area contributed by atoms with Crippen LogP contribution in [0.1, 0.15) is 12.5 Å². The van der Waals surface area contributed by atoms with Crippen molar-refractivity contribution in [2.75, 3.05) is 5.75 Å². The molecule has 0 saturated carbocycles. The summed E-state index contributed by atoms with van der Waals surface area (Å²) in [6, 6.07) is 6.65. The third-order valence-corrected chi connectivity index (χ3v) is 3.71. The van der Waals surface area contributed by atoms with Crippen LogP contribution in [0, 0.1) is 6.92 Å². The van der Waals surface area contributed by atoms with Gasteiger partial charge in [-0.1, -0.05) is 24.6 Å². The van der Waals surface area contributed by atoms with Gasteiger partial charge >= 0.3 is 0 Å². The number of aryl methyl sites for hydroxylation is 1. The van der Waals surface area contributed by atoms with Crippen LogP contribution in [-0.2, 0) is 10.0 Å². The van der Waals surface area contributed by atoms with Crippen molar-refractivity contribution >= 4 is 27.3 Å². The van der Waals surface area contributed by atoms with Crippen molar-refractivity contribution < 1.29 is 8.42 Å². The lowest BCUT2D eigenvalue weighted by atomic mass is 10.2. The van der Waals surface area contributed by atoms with E-state index in [1.807, 2.05) is 13.8 Å². The molecule has 0 N–H and O–H groups in total. The molecule has 1 aromatic carbocycles. The number of rotatable bonds is 4. The lowest BCUT2D eigenvalue weighted by Crippen LogP contribution is -1.96. The number of nitrogens with zero attached hydrogens (tertiary/aromatic N) is 1. The molecular formula is C10H13NO2S2. The van der Waals surface area contributed by atoms with Crippen molar-refractivity contribution in [1.82, 2.24) is 0 Å². The van der Waals surface area contributed by atoms with Gasteiger partial charge in [-0.25, -0.2) is 0 Å². The Hall–Kier alpha value is -0.810. The minimum Gasteiger partial charge on any atom is -0.199 e. The maximum atomic E-state index is 11.6. The van der Waals surface area contributed by atoms with E-state index in [1.54, 1.807) is 24.3 Å². The van der Waals surface area contributed by atoms with Gasteiger partial charge in [0.25, 0.3) is 10.0 Å². The molecule has 0 fully saturated rings. The third kappa shape index (κ3) is 3.68. The van der Waals surface area contributed by atoms with Crippen LogP contribution in [0.3, 0.4) is 0 Å². The van der Waals surface area contributed by atoms with Crippen molar-refractivity contribution in [2.45, 2.75) is 18.7 Å². The average molecular weight is 243 g/mol. The summed E-state index contributed by atoms with van der Waals surface area (Å²) < 4.78 is 26.8. The van der Waals surface area contributed by atoms with Crippen LogP contribution in [0.5, 0.6) is 0 Å². The van der Waals surface area contributed by atoms with E-state index < -0.39 is 10.0 Å². The van der Waals surface area contributed by atoms with Gasteiger partial charge in [-0.05, 0) is 24.8 Å². The lowest BCUT2D eigenvalue weighted by molar-refractivity contribution is 0.598. The normalized spacial score (nSPS) is 12.1. The maximum absolute atomic E-state index is 11.6. The van der Waals surface area contributed by atoms with Crippen LogP contribution in [0.15, 0.2) is 33.6 Å². The molecule has 0 unspecified atom stereocenters. The summed E-state index contributed by atoms with van der Waals surface area (Å²) in [4.78, 5) is 0.237. The largest absolute Gasteiger partial charge is 0.282 e. The van der Waals surface area contributed by atoms with Gasteiger partial charge in [-0.3, -0.25) is 0 Å². The fourth-order valence-corrected chi connectivity index (χ4v) is 2.38. The van der Waals surface area contributed by atoms with Gasteiger partial charge in [-0.15, -0.1) is 11.8 Å². The molecule has 0 bridgehead atoms. The summed E-state index contributed by atoms with van der Waals surface area (Å²) in [6.45, 7) is 3.85. The van der Waals surface area contributed by atoms with Gasteiger partial charge in [0, 0.05) is 0 Å². The van der Waals surface area contributed by atoms with Gasteiger partial charge in [0.2, 0.25) is 0 Å². The third-order valence-electron chi connectivity index (χ3n) is 1.74. The van der Waals surface area contributed by atoms with E-state index in [0.717, 1.165) is 11.3 Å². The fraction of sp³-hybridized carbons (Fsp3) is 0.300. The van der Waals surface area contributed by atoms with Crippen LogP contribution < -0.4 is 0 Å². The van der Waals surface area contributed by atoms with Crippen LogP contribution >= 0.6 is 11.8 Å². The van der Waals surface area contributed by atoms with Gasteiger partial charge in [0.1, 0.15) is 0 Å². The predicted molar refractivity (Wildman–Crippen MR) is 65.0 cm³/mol. The summed E-state index contributed by atoms with van der Waals surface area (Å²) >= 11 is 1.36. The first-order valence-electron chi connectivity index (χ1n) is 4.53. The Bertz CT molecular complexity index is 435. The highest BCUT2D eigenvalue weighted by Gasteiger charge is 2.10. The zero-order valence-corrected chi connectivity index (χ0v) is 10.3. The Labute approximate surface area is 94.7 Å². The SMILES string of the molecule is CCSC=NS(=O)(=O)c1ccc(C)cc1. The first-order chi connectivity index (χ1) is 7.06. The summed E-state index contributed by atoms with van der Waals surface area (Å²) in [6.07, 6.45) is 0. The van der Waals surface area contributed by atoms with E-state index in [-0.39, 0.29) is 4.90 Å². The first kappa shape index (κ1) is 12.3. The van der Waals surface area contributed by atoms with Crippen LogP contribution in [0.25, 0.3) is 0 Å². The maximum Gasteiger partial charge on any atom is 0.282 e. The van der Waals surface area contributed by atoms with E-state index in [9.17, 15) is 8.42 Å². The van der Waals surface area contributed by atoms with E-state index >= 15 is 0 Å². The molecule has 0 radical (unpaired) electrons. The van der Waals surface area contributed by atoms with Gasteiger partial charge in [-0.2, -0.15) is 12.8 Å². The van der Waals surface area contributed by atoms with Gasteiger partial charge < -0.3 is 0 Å². The Morgan fingerprint density at radius 1 is 1.33 bits per heavy atom. The number of hydrogen-bond donors (Lipinski definition) is 0. The molecular weight excluding hydrogens is 230 g/mol. The number of sulfonamides is 1. The minimum absolute atomic E-state index is 0.237. The van der Waals surface area contributed by atoms with Crippen molar-refractivity contribution in [3.8, 4) is 0 Å². The second kappa shape index (κ2) is 5.32. The summed E-state index contributed by atoms with van der Waals surface area (Å²) in [7, 11) is -3.50. The molecule has 15 heavy (non-hydrogen) atoms. The van der Waals surface area contributed by atoms with E-state index in [0.29, 0.717) is 0 Å². The molecule has 82 valence electrons. The molecule has 5 heteroatoms.